The Morgan fingerprint density at radius 2 is 1.95 bits per heavy atom. The molecule has 0 saturated heterocycles. The van der Waals surface area contributed by atoms with E-state index in [0.717, 1.165) is 6.07 Å². The van der Waals surface area contributed by atoms with Gasteiger partial charge >= 0.3 is 6.18 Å². The van der Waals surface area contributed by atoms with Crippen molar-refractivity contribution in [1.29, 1.82) is 0 Å². The number of anilines is 2. The fourth-order valence-electron chi connectivity index (χ4n) is 1.34. The molecule has 0 aliphatic rings. The van der Waals surface area contributed by atoms with Gasteiger partial charge in [0.2, 0.25) is 5.91 Å². The maximum Gasteiger partial charge on any atom is 0.418 e. The quantitative estimate of drug-likeness (QED) is 0.830. The molecule has 0 unspecified atom stereocenters. The van der Waals surface area contributed by atoms with Crippen LogP contribution in [0.4, 0.5) is 24.5 Å². The van der Waals surface area contributed by atoms with E-state index in [-0.39, 0.29) is 23.2 Å². The molecule has 19 heavy (non-hydrogen) atoms. The first-order valence-corrected chi connectivity index (χ1v) is 5.56. The molecule has 4 nitrogen and oxygen atoms in total. The summed E-state index contributed by atoms with van der Waals surface area (Å²) in [5.74, 6) is -0.660. The van der Waals surface area contributed by atoms with Gasteiger partial charge in [0.25, 0.3) is 0 Å². The first-order chi connectivity index (χ1) is 8.75. The molecule has 106 valence electrons. The van der Waals surface area contributed by atoms with E-state index >= 15 is 0 Å². The number of halogens is 3. The highest BCUT2D eigenvalue weighted by molar-refractivity contribution is 5.92. The molecule has 0 aliphatic heterocycles. The third-order valence-corrected chi connectivity index (χ3v) is 2.33. The average Bonchev–Trinajstić information content (AvgIpc) is 2.29. The van der Waals surface area contributed by atoms with Gasteiger partial charge in [0.1, 0.15) is 0 Å². The van der Waals surface area contributed by atoms with Crippen LogP contribution in [-0.4, -0.2) is 13.0 Å². The number of carbonyl (C=O) groups excluding carboxylic acids is 1. The second-order valence-corrected chi connectivity index (χ2v) is 4.21. The second-order valence-electron chi connectivity index (χ2n) is 4.21. The van der Waals surface area contributed by atoms with Crippen LogP contribution in [0.15, 0.2) is 18.2 Å². The van der Waals surface area contributed by atoms with Crippen molar-refractivity contribution in [3.8, 4) is 0 Å². The normalized spacial score (nSPS) is 11.5. The van der Waals surface area contributed by atoms with Gasteiger partial charge in [0.05, 0.1) is 18.4 Å². The van der Waals surface area contributed by atoms with Crippen LogP contribution in [0, 0.1) is 5.92 Å². The van der Waals surface area contributed by atoms with Crippen molar-refractivity contribution < 1.29 is 22.8 Å². The van der Waals surface area contributed by atoms with Crippen molar-refractivity contribution >= 4 is 17.3 Å². The van der Waals surface area contributed by atoms with Gasteiger partial charge in [0.15, 0.2) is 0 Å². The average molecular weight is 276 g/mol. The standard InChI is InChI=1S/C12H15F3N2O2/c1-7(2)11(18)16-8-4-5-10(17-19-3)9(6-8)12(13,14)15/h4-7,17H,1-3H3,(H,16,18). The summed E-state index contributed by atoms with van der Waals surface area (Å²) in [7, 11) is 1.22. The Labute approximate surface area is 108 Å². The van der Waals surface area contributed by atoms with E-state index in [2.05, 4.69) is 15.6 Å². The fraction of sp³-hybridized carbons (Fsp3) is 0.417. The van der Waals surface area contributed by atoms with Crippen LogP contribution in [0.2, 0.25) is 0 Å². The molecule has 0 bridgehead atoms. The van der Waals surface area contributed by atoms with Gasteiger partial charge in [-0.15, -0.1) is 0 Å². The van der Waals surface area contributed by atoms with E-state index in [9.17, 15) is 18.0 Å². The minimum absolute atomic E-state index is 0.0904. The Hall–Kier alpha value is -1.76. The summed E-state index contributed by atoms with van der Waals surface area (Å²) in [5.41, 5.74) is 1.13. The number of hydrogen-bond donors (Lipinski definition) is 2. The molecule has 0 spiro atoms. The minimum atomic E-state index is -4.54. The summed E-state index contributed by atoms with van der Waals surface area (Å²) in [6, 6.07) is 3.43. The molecular weight excluding hydrogens is 261 g/mol. The number of alkyl halides is 3. The van der Waals surface area contributed by atoms with E-state index in [1.54, 1.807) is 13.8 Å². The van der Waals surface area contributed by atoms with E-state index in [4.69, 9.17) is 0 Å². The number of hydrogen-bond acceptors (Lipinski definition) is 3. The lowest BCUT2D eigenvalue weighted by Crippen LogP contribution is -2.18. The first-order valence-electron chi connectivity index (χ1n) is 5.56. The third kappa shape index (κ3) is 4.13. The van der Waals surface area contributed by atoms with Gasteiger partial charge in [-0.05, 0) is 18.2 Å². The van der Waals surface area contributed by atoms with Gasteiger partial charge in [-0.2, -0.15) is 13.2 Å². The van der Waals surface area contributed by atoms with Crippen molar-refractivity contribution in [1.82, 2.24) is 0 Å². The monoisotopic (exact) mass is 276 g/mol. The molecule has 0 radical (unpaired) electrons. The van der Waals surface area contributed by atoms with Crippen LogP contribution in [0.25, 0.3) is 0 Å². The molecule has 0 aliphatic carbocycles. The number of amides is 1. The van der Waals surface area contributed by atoms with Gasteiger partial charge < -0.3 is 5.32 Å². The van der Waals surface area contributed by atoms with E-state index < -0.39 is 11.7 Å². The van der Waals surface area contributed by atoms with Crippen molar-refractivity contribution in [2.45, 2.75) is 20.0 Å². The predicted octanol–water partition coefficient (Wildman–Crippen LogP) is 3.27. The maximum absolute atomic E-state index is 12.8. The highest BCUT2D eigenvalue weighted by atomic mass is 19.4. The zero-order chi connectivity index (χ0) is 14.6. The number of benzene rings is 1. The zero-order valence-corrected chi connectivity index (χ0v) is 10.8. The van der Waals surface area contributed by atoms with Crippen LogP contribution >= 0.6 is 0 Å². The number of rotatable bonds is 4. The lowest BCUT2D eigenvalue weighted by molar-refractivity contribution is -0.137. The second kappa shape index (κ2) is 5.92. The van der Waals surface area contributed by atoms with Crippen LogP contribution in [0.3, 0.4) is 0 Å². The molecular formula is C12H15F3N2O2. The van der Waals surface area contributed by atoms with Crippen molar-refractivity contribution in [2.75, 3.05) is 17.9 Å². The van der Waals surface area contributed by atoms with Crippen LogP contribution < -0.4 is 10.8 Å². The Morgan fingerprint density at radius 3 is 2.42 bits per heavy atom. The molecule has 0 saturated carbocycles. The van der Waals surface area contributed by atoms with E-state index in [1.807, 2.05) is 0 Å². The van der Waals surface area contributed by atoms with Gasteiger partial charge in [-0.1, -0.05) is 13.8 Å². The number of carbonyl (C=O) groups is 1. The van der Waals surface area contributed by atoms with Crippen LogP contribution in [0.1, 0.15) is 19.4 Å². The molecule has 0 fully saturated rings. The maximum atomic E-state index is 12.8. The van der Waals surface area contributed by atoms with E-state index in [0.29, 0.717) is 0 Å². The lowest BCUT2D eigenvalue weighted by atomic mass is 10.1. The van der Waals surface area contributed by atoms with Crippen LogP contribution in [0.5, 0.6) is 0 Å². The zero-order valence-electron chi connectivity index (χ0n) is 10.8. The SMILES string of the molecule is CONc1ccc(NC(=O)C(C)C)cc1C(F)(F)F. The molecule has 0 atom stereocenters. The van der Waals surface area contributed by atoms with Crippen molar-refractivity contribution in [3.05, 3.63) is 23.8 Å². The molecule has 1 amide bonds. The smallest absolute Gasteiger partial charge is 0.326 e. The summed E-state index contributed by atoms with van der Waals surface area (Å²) in [6.45, 7) is 3.31. The van der Waals surface area contributed by atoms with Crippen molar-refractivity contribution in [3.63, 3.8) is 0 Å². The summed E-state index contributed by atoms with van der Waals surface area (Å²) >= 11 is 0. The fourth-order valence-corrected chi connectivity index (χ4v) is 1.34. The Kier molecular flexibility index (Phi) is 4.77. The van der Waals surface area contributed by atoms with Crippen LogP contribution in [-0.2, 0) is 15.8 Å². The molecule has 1 aromatic carbocycles. The largest absolute Gasteiger partial charge is 0.418 e. The van der Waals surface area contributed by atoms with Gasteiger partial charge in [-0.25, -0.2) is 0 Å². The molecule has 1 rings (SSSR count). The minimum Gasteiger partial charge on any atom is -0.326 e. The highest BCUT2D eigenvalue weighted by Crippen LogP contribution is 2.36. The van der Waals surface area contributed by atoms with Gasteiger partial charge in [0, 0.05) is 11.6 Å². The predicted molar refractivity (Wildman–Crippen MR) is 65.5 cm³/mol. The lowest BCUT2D eigenvalue weighted by Gasteiger charge is -2.15. The van der Waals surface area contributed by atoms with Gasteiger partial charge in [-0.3, -0.25) is 15.1 Å². The number of nitrogens with one attached hydrogen (secondary N) is 2. The van der Waals surface area contributed by atoms with E-state index in [1.165, 1.54) is 19.2 Å². The Morgan fingerprint density at radius 1 is 1.32 bits per heavy atom. The Balaban J connectivity index is 3.08. The van der Waals surface area contributed by atoms with Crippen molar-refractivity contribution in [2.24, 2.45) is 5.92 Å². The summed E-state index contributed by atoms with van der Waals surface area (Å²) < 4.78 is 38.5. The summed E-state index contributed by atoms with van der Waals surface area (Å²) in [6.07, 6.45) is -4.54. The molecule has 7 heteroatoms. The summed E-state index contributed by atoms with van der Waals surface area (Å²) in [5, 5.41) is 2.42. The Bertz CT molecular complexity index is 459. The highest BCUT2D eigenvalue weighted by Gasteiger charge is 2.34. The summed E-state index contributed by atoms with van der Waals surface area (Å²) in [4.78, 5) is 15.9. The first kappa shape index (κ1) is 15.3. The third-order valence-electron chi connectivity index (χ3n) is 2.33. The molecule has 1 aromatic rings. The molecule has 0 aromatic heterocycles. The topological polar surface area (TPSA) is 50.4 Å². The molecule has 2 N–H and O–H groups in total. The molecule has 0 heterocycles.